The Bertz CT molecular complexity index is 2530. The van der Waals surface area contributed by atoms with Gasteiger partial charge >= 0.3 is 35.8 Å². The van der Waals surface area contributed by atoms with Gasteiger partial charge in [-0.2, -0.15) is 9.50 Å². The van der Waals surface area contributed by atoms with Crippen LogP contribution in [0.25, 0.3) is 5.78 Å². The number of nitrogens with one attached hydrogen (secondary N) is 1. The number of carboxylic acid groups (broad SMARTS) is 2. The number of benzene rings is 1. The number of hydrogen-bond donors (Lipinski definition) is 4. The summed E-state index contributed by atoms with van der Waals surface area (Å²) in [5.41, 5.74) is 5.08. The Morgan fingerprint density at radius 1 is 0.966 bits per heavy atom. The maximum atomic E-state index is 13.7. The minimum absolute atomic E-state index is 0.00546. The molecule has 2 aliphatic heterocycles. The first-order valence-electron chi connectivity index (χ1n) is 16.5. The third kappa shape index (κ3) is 8.97. The molecule has 1 fully saturated rings. The van der Waals surface area contributed by atoms with Gasteiger partial charge in [0.1, 0.15) is 27.8 Å². The van der Waals surface area contributed by atoms with Gasteiger partial charge in [0.15, 0.2) is 22.3 Å². The Hall–Kier alpha value is -6.93. The van der Waals surface area contributed by atoms with Crippen molar-refractivity contribution < 1.29 is 67.6 Å². The summed E-state index contributed by atoms with van der Waals surface area (Å²) in [7, 11) is 0. The highest BCUT2D eigenvalue weighted by molar-refractivity contribution is 8.01. The fourth-order valence-corrected chi connectivity index (χ4v) is 8.54. The number of thiazole rings is 1. The number of aliphatic carboxylic acids is 1. The molecule has 0 bridgehead atoms. The number of fused-ring (bicyclic) bond motifs is 2. The van der Waals surface area contributed by atoms with E-state index in [2.05, 4.69) is 30.5 Å². The van der Waals surface area contributed by atoms with Crippen LogP contribution in [0.1, 0.15) is 53.1 Å². The van der Waals surface area contributed by atoms with Crippen LogP contribution in [0.3, 0.4) is 0 Å². The minimum Gasteiger partial charge on any atom is -0.477 e. The highest BCUT2D eigenvalue weighted by Crippen LogP contribution is 2.42. The zero-order valence-electron chi connectivity index (χ0n) is 30.6. The van der Waals surface area contributed by atoms with Crippen molar-refractivity contribution in [1.82, 2.24) is 34.8 Å². The Kier molecular flexibility index (Phi) is 11.9. The Labute approximate surface area is 341 Å². The van der Waals surface area contributed by atoms with E-state index >= 15 is 0 Å². The molecule has 0 radical (unpaired) electrons. The minimum atomic E-state index is -1.41. The summed E-state index contributed by atoms with van der Waals surface area (Å²) in [6, 6.07) is 2.20. The fourth-order valence-electron chi connectivity index (χ4n) is 5.45. The van der Waals surface area contributed by atoms with E-state index in [0.29, 0.717) is 16.3 Å². The van der Waals surface area contributed by atoms with Crippen molar-refractivity contribution in [3.63, 3.8) is 0 Å². The second-order valence-electron chi connectivity index (χ2n) is 12.1. The van der Waals surface area contributed by atoms with E-state index in [1.54, 1.807) is 13.0 Å². The van der Waals surface area contributed by atoms with E-state index in [1.165, 1.54) is 9.90 Å². The molecule has 23 nitrogen and oxygen atoms in total. The molecule has 1 saturated heterocycles. The lowest BCUT2D eigenvalue weighted by molar-refractivity contribution is -0.150. The number of rotatable bonds is 13. The van der Waals surface area contributed by atoms with Gasteiger partial charge in [0.05, 0.1) is 5.56 Å². The Balaban J connectivity index is 1.22. The van der Waals surface area contributed by atoms with E-state index in [9.17, 15) is 48.6 Å². The molecular formula is C33H27N9O14S3. The number of aromatic nitrogens is 5. The lowest BCUT2D eigenvalue weighted by Crippen LogP contribution is -2.71. The average molecular weight is 870 g/mol. The highest BCUT2D eigenvalue weighted by atomic mass is 32.2. The quantitative estimate of drug-likeness (QED) is 0.0213. The number of amides is 2. The van der Waals surface area contributed by atoms with Crippen molar-refractivity contribution in [2.45, 2.75) is 44.1 Å². The predicted molar refractivity (Wildman–Crippen MR) is 202 cm³/mol. The predicted octanol–water partition coefficient (Wildman–Crippen LogP) is 1.04. The second-order valence-corrected chi connectivity index (χ2v) is 15.1. The summed E-state index contributed by atoms with van der Waals surface area (Å²) in [6.45, 7) is 4.71. The summed E-state index contributed by atoms with van der Waals surface area (Å²) < 4.78 is 16.4. The van der Waals surface area contributed by atoms with Gasteiger partial charge in [-0.15, -0.1) is 40.0 Å². The van der Waals surface area contributed by atoms with Gasteiger partial charge < -0.3 is 40.3 Å². The first-order valence-corrected chi connectivity index (χ1v) is 19.4. The first kappa shape index (κ1) is 41.7. The molecule has 5 N–H and O–H groups in total. The van der Waals surface area contributed by atoms with Crippen molar-refractivity contribution in [3.8, 4) is 17.2 Å². The van der Waals surface area contributed by atoms with Gasteiger partial charge in [-0.3, -0.25) is 28.9 Å². The number of thioether (sulfide) groups is 2. The number of nitrogen functional groups attached to an aromatic ring is 1. The van der Waals surface area contributed by atoms with Gasteiger partial charge in [-0.05, 0) is 30.7 Å². The summed E-state index contributed by atoms with van der Waals surface area (Å²) in [5.74, 6) is -10.4. The molecule has 5 heterocycles. The van der Waals surface area contributed by atoms with Crippen LogP contribution < -0.4 is 25.3 Å². The third-order valence-electron chi connectivity index (χ3n) is 7.74. The number of carboxylic acids is 2. The number of ether oxygens (including phenoxy) is 3. The molecule has 4 aromatic rings. The Morgan fingerprint density at radius 3 is 2.20 bits per heavy atom. The number of carbonyl (C=O) groups excluding carboxylic acids is 6. The topological polar surface area (TPSA) is 324 Å². The molecular weight excluding hydrogens is 843 g/mol. The van der Waals surface area contributed by atoms with Crippen LogP contribution >= 0.6 is 34.9 Å². The van der Waals surface area contributed by atoms with E-state index in [0.717, 1.165) is 72.7 Å². The number of nitrogens with two attached hydrogens (primary N) is 1. The van der Waals surface area contributed by atoms with E-state index in [1.807, 2.05) is 0 Å². The van der Waals surface area contributed by atoms with Crippen LogP contribution in [0.15, 0.2) is 45.0 Å². The summed E-state index contributed by atoms with van der Waals surface area (Å²) in [4.78, 5) is 118. The molecule has 59 heavy (non-hydrogen) atoms. The number of oxime groups is 1. The molecule has 0 spiro atoms. The molecule has 2 atom stereocenters. The number of nitrogens with zero attached hydrogens (tertiary/aromatic N) is 7. The van der Waals surface area contributed by atoms with Crippen LogP contribution in [-0.4, -0.2) is 116 Å². The van der Waals surface area contributed by atoms with Crippen LogP contribution in [0.4, 0.5) is 5.13 Å². The lowest BCUT2D eigenvalue weighted by atomic mass is 10.0. The zero-order valence-corrected chi connectivity index (χ0v) is 33.1. The maximum Gasteiger partial charge on any atom is 0.375 e. The number of anilines is 1. The average Bonchev–Trinajstić information content (AvgIpc) is 3.79. The van der Waals surface area contributed by atoms with Crippen molar-refractivity contribution in [2.24, 2.45) is 5.16 Å². The normalized spacial score (nSPS) is 16.2. The zero-order chi connectivity index (χ0) is 42.9. The molecule has 6 rings (SSSR count). The van der Waals surface area contributed by atoms with Crippen molar-refractivity contribution in [3.05, 3.63) is 57.6 Å². The summed E-state index contributed by atoms with van der Waals surface area (Å²) in [5, 5.41) is 30.5. The highest BCUT2D eigenvalue weighted by Gasteiger charge is 2.54. The molecule has 306 valence electrons. The number of carbonyl (C=O) groups is 8. The molecule has 1 aromatic carbocycles. The standard InChI is InChI=1S/C33H27N9O14S3/c1-11-5-20(42-33(35-11)38-25(39-42)30(50)51)57-8-16-9-58-28-22(27(47)41(28)23(16)29(48)49)37-26(46)21(17-10-59-32(34)36-17)40-56-31(52)15-6-18(53-12(2)43)24(55-14(4)45)19(7-15)54-13(3)44/h5-7,10,22,28H,8-9H2,1-4H3,(H2,34,36)(H,37,46)(H,48,49)(H,50,51)/t22-,28-/m1/s1. The molecule has 2 aliphatic rings. The molecule has 0 unspecified atom stereocenters. The van der Waals surface area contributed by atoms with Gasteiger partial charge in [-0.1, -0.05) is 5.16 Å². The summed E-state index contributed by atoms with van der Waals surface area (Å²) >= 11 is 3.19. The van der Waals surface area contributed by atoms with E-state index in [-0.39, 0.29) is 33.8 Å². The van der Waals surface area contributed by atoms with Gasteiger partial charge in [0.25, 0.3) is 23.4 Å². The van der Waals surface area contributed by atoms with Crippen LogP contribution in [0.2, 0.25) is 0 Å². The van der Waals surface area contributed by atoms with Gasteiger partial charge in [-0.25, -0.2) is 24.4 Å². The second kappa shape index (κ2) is 16.9. The number of β-lactam (4-membered cyclic amide) rings is 1. The van der Waals surface area contributed by atoms with Crippen molar-refractivity contribution in [2.75, 3.05) is 17.2 Å². The Morgan fingerprint density at radius 2 is 1.63 bits per heavy atom. The molecule has 0 saturated carbocycles. The first-order chi connectivity index (χ1) is 27.9. The van der Waals surface area contributed by atoms with E-state index < -0.39 is 93.4 Å². The van der Waals surface area contributed by atoms with Crippen LogP contribution in [0, 0.1) is 6.92 Å². The summed E-state index contributed by atoms with van der Waals surface area (Å²) in [6.07, 6.45) is 0. The number of hydrogen-bond acceptors (Lipinski definition) is 21. The monoisotopic (exact) mass is 869 g/mol. The largest absolute Gasteiger partial charge is 0.477 e. The molecule has 2 amide bonds. The number of aryl methyl sites for hydroxylation is 1. The third-order valence-corrected chi connectivity index (χ3v) is 10.8. The number of aromatic carboxylic acids is 1. The van der Waals surface area contributed by atoms with Crippen molar-refractivity contribution in [1.29, 1.82) is 0 Å². The van der Waals surface area contributed by atoms with Crippen LogP contribution in [0.5, 0.6) is 17.2 Å². The fraction of sp³-hybridized carbons (Fsp3) is 0.242. The van der Waals surface area contributed by atoms with Crippen LogP contribution in [-0.2, 0) is 33.6 Å². The lowest BCUT2D eigenvalue weighted by Gasteiger charge is -2.49. The van der Waals surface area contributed by atoms with Gasteiger partial charge in [0, 0.05) is 43.4 Å². The number of esters is 3. The van der Waals surface area contributed by atoms with Crippen molar-refractivity contribution >= 4 is 99.1 Å². The van der Waals surface area contributed by atoms with E-state index in [4.69, 9.17) is 24.8 Å². The smallest absolute Gasteiger partial charge is 0.375 e. The maximum absolute atomic E-state index is 13.7. The SMILES string of the molecule is CC(=O)Oc1cc(C(=O)ON=C(C(=O)N[C@@H]2C(=O)N3C(C(=O)O)=C(CSc4cc(C)nc5nc(C(=O)O)nn45)CS[C@H]23)c2csc(N)n2)cc(OC(C)=O)c1OC(C)=O. The molecule has 0 aliphatic carbocycles. The van der Waals surface area contributed by atoms with Gasteiger partial charge in [0.2, 0.25) is 5.75 Å². The molecule has 3 aromatic heterocycles. The molecule has 26 heteroatoms.